The molecule has 6 unspecified atom stereocenters. The quantitative estimate of drug-likeness (QED) is 0.0856. The minimum Gasteiger partial charge on any atom is -0.393 e. The molecule has 0 saturated carbocycles. The zero-order valence-corrected chi connectivity index (χ0v) is 40.9. The van der Waals surface area contributed by atoms with Crippen LogP contribution in [0.25, 0.3) is 0 Å². The Morgan fingerprint density at radius 1 is 0.540 bits per heavy atom. The molecular formula is C44H81N3O16. The van der Waals surface area contributed by atoms with Crippen molar-refractivity contribution in [1.82, 2.24) is 16.0 Å². The first-order chi connectivity index (χ1) is 28.5. The molecule has 19 nitrogen and oxygen atoms in total. The topological polar surface area (TPSA) is 273 Å². The highest BCUT2D eigenvalue weighted by molar-refractivity contribution is 5.75. The second-order valence-corrected chi connectivity index (χ2v) is 20.9. The van der Waals surface area contributed by atoms with E-state index in [2.05, 4.69) is 16.0 Å². The lowest BCUT2D eigenvalue weighted by molar-refractivity contribution is -0.366. The molecule has 3 amide bonds. The Balaban J connectivity index is 2.05. The van der Waals surface area contributed by atoms with Crippen LogP contribution in [-0.4, -0.2) is 190 Å². The largest absolute Gasteiger partial charge is 0.393 e. The number of hydrogen-bond acceptors (Lipinski definition) is 16. The number of methoxy groups -OCH3 is 2. The molecule has 3 fully saturated rings. The standard InChI is InChI=1S/C44H81N3O16/c1-27(51)45-32-35(6,23-57-16)61-33(4,20-48)30(40(32,11)54)18-59-25-38(9)42(13,46-28(2)52)41(12,55)31(34(5,21-49)62-38)19-60-26-39(10)43(14,47-29(3)53)44(15,56)36(7,24-58-17)37(8,22-50)63-39/h30-32,48-50,54-56H,18-26H2,1-17H3,(H,45,51)(H,46,52)(H,47,53)/t30-,31-,32?,33?,34?,35+,36-,37?,38+,39+,40-,41-,42?,43?,44-/m1/s1. The molecule has 0 spiro atoms. The highest BCUT2D eigenvalue weighted by Gasteiger charge is 2.75. The summed E-state index contributed by atoms with van der Waals surface area (Å²) >= 11 is 0. The average Bonchev–Trinajstić information content (AvgIpc) is 3.14. The summed E-state index contributed by atoms with van der Waals surface area (Å²) in [6, 6.07) is -1.02. The van der Waals surface area contributed by atoms with Gasteiger partial charge in [-0.2, -0.15) is 0 Å². The fourth-order valence-corrected chi connectivity index (χ4v) is 11.5. The molecule has 0 aliphatic carbocycles. The van der Waals surface area contributed by atoms with Crippen molar-refractivity contribution >= 4 is 17.7 Å². The molecule has 3 saturated heterocycles. The van der Waals surface area contributed by atoms with Gasteiger partial charge >= 0.3 is 0 Å². The minimum absolute atomic E-state index is 0.0322. The van der Waals surface area contributed by atoms with E-state index in [1.807, 2.05) is 0 Å². The summed E-state index contributed by atoms with van der Waals surface area (Å²) in [6.07, 6.45) is 0. The number of aliphatic hydroxyl groups excluding tert-OH is 3. The third-order valence-corrected chi connectivity index (χ3v) is 16.1. The zero-order valence-electron chi connectivity index (χ0n) is 40.9. The smallest absolute Gasteiger partial charge is 0.217 e. The van der Waals surface area contributed by atoms with Crippen LogP contribution < -0.4 is 16.0 Å². The number of rotatable bonds is 18. The Morgan fingerprint density at radius 2 is 0.984 bits per heavy atom. The van der Waals surface area contributed by atoms with Crippen LogP contribution in [0.3, 0.4) is 0 Å². The molecule has 3 rings (SSSR count). The van der Waals surface area contributed by atoms with Gasteiger partial charge < -0.3 is 79.7 Å². The molecule has 0 aromatic rings. The van der Waals surface area contributed by atoms with E-state index in [1.54, 1.807) is 69.2 Å². The SMILES string of the molecule is COC[C@]1(C)OC(C)(CO)[C@@H](COC[C@]2(C)OC(C)(CO)[C@@H](COC[C@]3(C)OC(C)(CO)[C@@](C)(COC)[C@@](C)(O)C3(C)NC(C)=O)[C@@](C)(O)C2(C)NC(C)=O)[C@@](C)(O)C1NC(C)=O. The van der Waals surface area contributed by atoms with Crippen molar-refractivity contribution in [2.75, 3.05) is 73.7 Å². The van der Waals surface area contributed by atoms with E-state index >= 15 is 0 Å². The van der Waals surface area contributed by atoms with Crippen LogP contribution >= 0.6 is 0 Å². The molecule has 19 heteroatoms. The van der Waals surface area contributed by atoms with Crippen LogP contribution in [0, 0.1) is 17.3 Å². The van der Waals surface area contributed by atoms with Gasteiger partial charge in [-0.15, -0.1) is 0 Å². The molecule has 0 bridgehead atoms. The Hall–Kier alpha value is -2.11. The molecule has 0 aromatic carbocycles. The molecule has 3 aliphatic heterocycles. The fourth-order valence-electron chi connectivity index (χ4n) is 11.5. The van der Waals surface area contributed by atoms with Gasteiger partial charge in [0.05, 0.1) is 116 Å². The molecule has 3 heterocycles. The Bertz CT molecular complexity index is 1670. The highest BCUT2D eigenvalue weighted by Crippen LogP contribution is 2.59. The Labute approximate surface area is 373 Å². The van der Waals surface area contributed by atoms with Crippen molar-refractivity contribution in [3.8, 4) is 0 Å². The summed E-state index contributed by atoms with van der Waals surface area (Å²) in [5.74, 6) is -3.49. The van der Waals surface area contributed by atoms with Crippen LogP contribution in [-0.2, 0) is 47.5 Å². The predicted molar refractivity (Wildman–Crippen MR) is 229 cm³/mol. The van der Waals surface area contributed by atoms with Crippen LogP contribution in [0.5, 0.6) is 0 Å². The third-order valence-electron chi connectivity index (χ3n) is 16.1. The number of amides is 3. The molecular weight excluding hydrogens is 826 g/mol. The number of carbonyl (C=O) groups is 3. The van der Waals surface area contributed by atoms with Crippen molar-refractivity contribution in [3.05, 3.63) is 0 Å². The second-order valence-electron chi connectivity index (χ2n) is 20.9. The highest BCUT2D eigenvalue weighted by atomic mass is 16.6. The molecule has 9 N–H and O–H groups in total. The van der Waals surface area contributed by atoms with Gasteiger partial charge in [0, 0.05) is 46.8 Å². The molecule has 0 aromatic heterocycles. The van der Waals surface area contributed by atoms with Crippen LogP contribution in [0.1, 0.15) is 104 Å². The lowest BCUT2D eigenvalue weighted by Gasteiger charge is -2.69. The number of ether oxygens (including phenoxy) is 7. The lowest BCUT2D eigenvalue weighted by atomic mass is 9.51. The van der Waals surface area contributed by atoms with Crippen molar-refractivity contribution in [2.45, 2.75) is 171 Å². The molecule has 0 radical (unpaired) electrons. The summed E-state index contributed by atoms with van der Waals surface area (Å²) in [6.45, 7) is 20.1. The van der Waals surface area contributed by atoms with Gasteiger partial charge in [0.25, 0.3) is 0 Å². The zero-order chi connectivity index (χ0) is 48.9. The van der Waals surface area contributed by atoms with Gasteiger partial charge in [0.15, 0.2) is 0 Å². The Kier molecular flexibility index (Phi) is 15.9. The first-order valence-corrected chi connectivity index (χ1v) is 21.6. The molecule has 63 heavy (non-hydrogen) atoms. The summed E-state index contributed by atoms with van der Waals surface area (Å²) in [7, 11) is 2.91. The van der Waals surface area contributed by atoms with Crippen LogP contribution in [0.15, 0.2) is 0 Å². The maximum Gasteiger partial charge on any atom is 0.217 e. The number of nitrogens with one attached hydrogen (secondary N) is 3. The number of aliphatic hydroxyl groups is 6. The van der Waals surface area contributed by atoms with E-state index < -0.39 is 122 Å². The monoisotopic (exact) mass is 908 g/mol. The van der Waals surface area contributed by atoms with Crippen molar-refractivity contribution in [1.29, 1.82) is 0 Å². The van der Waals surface area contributed by atoms with Gasteiger partial charge in [-0.1, -0.05) is 6.92 Å². The van der Waals surface area contributed by atoms with Gasteiger partial charge in [-0.25, -0.2) is 0 Å². The maximum absolute atomic E-state index is 13.0. The number of carbonyl (C=O) groups excluding carboxylic acids is 3. The van der Waals surface area contributed by atoms with Crippen molar-refractivity contribution in [2.24, 2.45) is 17.3 Å². The van der Waals surface area contributed by atoms with Gasteiger partial charge in [-0.05, 0) is 76.2 Å². The third kappa shape index (κ3) is 8.82. The van der Waals surface area contributed by atoms with Crippen molar-refractivity contribution < 1.29 is 78.2 Å². The molecule has 368 valence electrons. The Morgan fingerprint density at radius 3 is 1.41 bits per heavy atom. The normalized spacial score (nSPS) is 47.8. The first-order valence-electron chi connectivity index (χ1n) is 21.6. The predicted octanol–water partition coefficient (Wildman–Crippen LogP) is -0.282. The van der Waals surface area contributed by atoms with Crippen molar-refractivity contribution in [3.63, 3.8) is 0 Å². The lowest BCUT2D eigenvalue weighted by Crippen LogP contribution is -2.87. The fraction of sp³-hybridized carbons (Fsp3) is 0.932. The summed E-state index contributed by atoms with van der Waals surface area (Å²) in [5.41, 5.74) is -19.0. The van der Waals surface area contributed by atoms with E-state index in [9.17, 15) is 45.0 Å². The summed E-state index contributed by atoms with van der Waals surface area (Å²) < 4.78 is 43.8. The van der Waals surface area contributed by atoms with Gasteiger partial charge in [0.1, 0.15) is 16.8 Å². The van der Waals surface area contributed by atoms with Gasteiger partial charge in [0.2, 0.25) is 17.7 Å². The summed E-state index contributed by atoms with van der Waals surface area (Å²) in [4.78, 5) is 38.3. The number of hydrogen-bond donors (Lipinski definition) is 9. The van der Waals surface area contributed by atoms with Crippen LogP contribution in [0.4, 0.5) is 0 Å². The van der Waals surface area contributed by atoms with Crippen LogP contribution in [0.2, 0.25) is 0 Å². The summed E-state index contributed by atoms with van der Waals surface area (Å²) in [5, 5.41) is 78.9. The molecule has 3 aliphatic rings. The van der Waals surface area contributed by atoms with E-state index in [1.165, 1.54) is 48.8 Å². The van der Waals surface area contributed by atoms with E-state index in [0.717, 1.165) is 0 Å². The van der Waals surface area contributed by atoms with Gasteiger partial charge in [-0.3, -0.25) is 14.4 Å². The maximum atomic E-state index is 13.0. The van der Waals surface area contributed by atoms with E-state index in [0.29, 0.717) is 0 Å². The average molecular weight is 908 g/mol. The van der Waals surface area contributed by atoms with E-state index in [-0.39, 0.29) is 39.6 Å². The molecule has 15 atom stereocenters. The minimum atomic E-state index is -1.96. The van der Waals surface area contributed by atoms with E-state index in [4.69, 9.17) is 33.2 Å². The first kappa shape index (κ1) is 55.2. The second kappa shape index (κ2) is 18.2.